The second kappa shape index (κ2) is 12.4. The van der Waals surface area contributed by atoms with E-state index in [0.29, 0.717) is 46.7 Å². The molecule has 0 bridgehead atoms. The van der Waals surface area contributed by atoms with E-state index in [1.54, 1.807) is 54.8 Å². The summed E-state index contributed by atoms with van der Waals surface area (Å²) in [4.78, 5) is 29.7. The van der Waals surface area contributed by atoms with Gasteiger partial charge in [0.25, 0.3) is 5.91 Å². The number of hydrogen-bond acceptors (Lipinski definition) is 7. The van der Waals surface area contributed by atoms with Crippen molar-refractivity contribution in [1.82, 2.24) is 15.2 Å². The zero-order valence-electron chi connectivity index (χ0n) is 20.5. The van der Waals surface area contributed by atoms with Gasteiger partial charge in [0.15, 0.2) is 12.2 Å². The quantitative estimate of drug-likeness (QED) is 0.312. The zero-order valence-corrected chi connectivity index (χ0v) is 20.5. The number of amides is 1. The molecule has 0 unspecified atom stereocenters. The first-order chi connectivity index (χ1) is 18.1. The molecular weight excluding hydrogens is 468 g/mol. The minimum Gasteiger partial charge on any atom is -0.493 e. The summed E-state index contributed by atoms with van der Waals surface area (Å²) in [6.45, 7) is 6.02. The van der Waals surface area contributed by atoms with E-state index < -0.39 is 0 Å². The molecule has 0 spiro atoms. The molecule has 0 aliphatic carbocycles. The number of rotatable bonds is 10. The number of aldehydes is 1. The largest absolute Gasteiger partial charge is 0.493 e. The lowest BCUT2D eigenvalue weighted by molar-refractivity contribution is 0.0967. The number of nitrogens with one attached hydrogen (secondary N) is 1. The zero-order chi connectivity index (χ0) is 26.0. The van der Waals surface area contributed by atoms with E-state index >= 15 is 0 Å². The number of hydrogen-bond donors (Lipinski definition) is 2. The Labute approximate surface area is 216 Å². The summed E-state index contributed by atoms with van der Waals surface area (Å²) >= 11 is 0. The lowest BCUT2D eigenvalue weighted by atomic mass is 9.98. The number of likely N-dealkylation sites (tertiary alicyclic amines) is 1. The molecular formula is C29H30N4O4. The maximum Gasteiger partial charge on any atom is 0.255 e. The normalized spacial score (nSPS) is 14.8. The number of oxazole rings is 1. The lowest BCUT2D eigenvalue weighted by Crippen LogP contribution is -2.37. The first kappa shape index (κ1) is 25.5. The average molecular weight is 499 g/mol. The maximum atomic E-state index is 12.8. The van der Waals surface area contributed by atoms with Crippen molar-refractivity contribution in [1.29, 1.82) is 0 Å². The Bertz CT molecular complexity index is 1290. The van der Waals surface area contributed by atoms with Crippen LogP contribution in [0.5, 0.6) is 5.75 Å². The molecule has 1 aliphatic rings. The van der Waals surface area contributed by atoms with Gasteiger partial charge >= 0.3 is 0 Å². The number of allylic oxidation sites excluding steroid dienone is 3. The number of benzene rings is 2. The Morgan fingerprint density at radius 2 is 2.00 bits per heavy atom. The van der Waals surface area contributed by atoms with Crippen molar-refractivity contribution in [3.8, 4) is 17.1 Å². The first-order valence-corrected chi connectivity index (χ1v) is 12.1. The molecule has 190 valence electrons. The Kier molecular flexibility index (Phi) is 8.54. The molecule has 1 aromatic heterocycles. The highest BCUT2D eigenvalue weighted by Crippen LogP contribution is 2.22. The van der Waals surface area contributed by atoms with Gasteiger partial charge in [-0.2, -0.15) is 0 Å². The summed E-state index contributed by atoms with van der Waals surface area (Å²) in [6, 6.07) is 14.3. The third-order valence-corrected chi connectivity index (χ3v) is 6.21. The second-order valence-corrected chi connectivity index (χ2v) is 8.75. The van der Waals surface area contributed by atoms with E-state index in [0.717, 1.165) is 37.8 Å². The van der Waals surface area contributed by atoms with Gasteiger partial charge in [-0.15, -0.1) is 0 Å². The van der Waals surface area contributed by atoms with Gasteiger partial charge in [-0.1, -0.05) is 30.8 Å². The molecule has 3 aromatic rings. The van der Waals surface area contributed by atoms with Gasteiger partial charge in [-0.3, -0.25) is 9.59 Å². The Morgan fingerprint density at radius 3 is 2.73 bits per heavy atom. The predicted molar refractivity (Wildman–Crippen MR) is 142 cm³/mol. The van der Waals surface area contributed by atoms with Crippen LogP contribution in [-0.2, 0) is 0 Å². The van der Waals surface area contributed by atoms with Gasteiger partial charge in [-0.05, 0) is 61.3 Å². The number of piperidine rings is 1. The van der Waals surface area contributed by atoms with Crippen LogP contribution in [0.15, 0.2) is 102 Å². The molecule has 0 atom stereocenters. The first-order valence-electron chi connectivity index (χ1n) is 12.1. The standard InChI is InChI=1S/C29H30N4O4/c1-2-25(32-29(35)24-7-4-6-23(16-24)27-17-31-20-37-27)9-10-28(30)33-13-11-21(12-14-33)19-36-26-8-3-5-22(15-26)18-34/h2-10,15-18,20-21H,1,11-14,19,30H2,(H,32,35)/b25-9+,28-10+. The van der Waals surface area contributed by atoms with E-state index in [4.69, 9.17) is 14.9 Å². The second-order valence-electron chi connectivity index (χ2n) is 8.75. The van der Waals surface area contributed by atoms with Crippen LogP contribution in [0.4, 0.5) is 0 Å². The van der Waals surface area contributed by atoms with Crippen molar-refractivity contribution in [3.63, 3.8) is 0 Å². The highest BCUT2D eigenvalue weighted by Gasteiger charge is 2.20. The van der Waals surface area contributed by atoms with Crippen molar-refractivity contribution in [2.75, 3.05) is 19.7 Å². The molecule has 2 heterocycles. The third kappa shape index (κ3) is 6.98. The molecule has 1 aliphatic heterocycles. The Hall–Kier alpha value is -4.59. The molecule has 1 saturated heterocycles. The van der Waals surface area contributed by atoms with Gasteiger partial charge < -0.3 is 25.1 Å². The van der Waals surface area contributed by atoms with Crippen LogP contribution in [0.3, 0.4) is 0 Å². The SMILES string of the molecule is C=C/C(=C\C=C(/N)N1CCC(COc2cccc(C=O)c2)CC1)NC(=O)c1cccc(-c2cnco2)c1. The highest BCUT2D eigenvalue weighted by molar-refractivity contribution is 5.96. The fraction of sp³-hybridized carbons (Fsp3) is 0.207. The van der Waals surface area contributed by atoms with Crippen molar-refractivity contribution in [2.45, 2.75) is 12.8 Å². The molecule has 8 nitrogen and oxygen atoms in total. The van der Waals surface area contributed by atoms with E-state index in [-0.39, 0.29) is 5.91 Å². The van der Waals surface area contributed by atoms with Crippen molar-refractivity contribution < 1.29 is 18.7 Å². The maximum absolute atomic E-state index is 12.8. The van der Waals surface area contributed by atoms with Crippen LogP contribution in [0.2, 0.25) is 0 Å². The van der Waals surface area contributed by atoms with E-state index in [1.165, 1.54) is 6.39 Å². The van der Waals surface area contributed by atoms with Gasteiger partial charge in [0.2, 0.25) is 0 Å². The van der Waals surface area contributed by atoms with E-state index in [2.05, 4.69) is 21.8 Å². The molecule has 8 heteroatoms. The molecule has 0 radical (unpaired) electrons. The Morgan fingerprint density at radius 1 is 1.19 bits per heavy atom. The van der Waals surface area contributed by atoms with Gasteiger partial charge in [-0.25, -0.2) is 4.98 Å². The highest BCUT2D eigenvalue weighted by atomic mass is 16.5. The molecule has 2 aromatic carbocycles. The predicted octanol–water partition coefficient (Wildman–Crippen LogP) is 4.54. The van der Waals surface area contributed by atoms with Crippen LogP contribution in [0, 0.1) is 5.92 Å². The molecule has 1 fully saturated rings. The molecule has 1 amide bonds. The topological polar surface area (TPSA) is 111 Å². The van der Waals surface area contributed by atoms with Crippen LogP contribution in [-0.4, -0.2) is 41.8 Å². The fourth-order valence-electron chi connectivity index (χ4n) is 4.07. The summed E-state index contributed by atoms with van der Waals surface area (Å²) in [5, 5.41) is 2.86. The number of ether oxygens (including phenoxy) is 1. The summed E-state index contributed by atoms with van der Waals surface area (Å²) in [5.41, 5.74) is 8.72. The molecule has 37 heavy (non-hydrogen) atoms. The third-order valence-electron chi connectivity index (χ3n) is 6.21. The summed E-state index contributed by atoms with van der Waals surface area (Å²) in [7, 11) is 0. The van der Waals surface area contributed by atoms with Crippen LogP contribution < -0.4 is 15.8 Å². The Balaban J connectivity index is 1.29. The number of aromatic nitrogens is 1. The smallest absolute Gasteiger partial charge is 0.255 e. The van der Waals surface area contributed by atoms with Crippen molar-refractivity contribution in [2.24, 2.45) is 11.7 Å². The van der Waals surface area contributed by atoms with Crippen LogP contribution in [0.25, 0.3) is 11.3 Å². The monoisotopic (exact) mass is 498 g/mol. The van der Waals surface area contributed by atoms with Gasteiger partial charge in [0.1, 0.15) is 12.0 Å². The molecule has 0 saturated carbocycles. The fourth-order valence-corrected chi connectivity index (χ4v) is 4.07. The van der Waals surface area contributed by atoms with Crippen LogP contribution >= 0.6 is 0 Å². The van der Waals surface area contributed by atoms with Gasteiger partial charge in [0.05, 0.1) is 18.6 Å². The van der Waals surface area contributed by atoms with Crippen molar-refractivity contribution >= 4 is 12.2 Å². The average Bonchev–Trinajstić information content (AvgIpc) is 3.49. The molecule has 4 rings (SSSR count). The molecule has 3 N–H and O–H groups in total. The minimum atomic E-state index is -0.265. The minimum absolute atomic E-state index is 0.265. The summed E-state index contributed by atoms with van der Waals surface area (Å²) in [5.74, 6) is 2.07. The lowest BCUT2D eigenvalue weighted by Gasteiger charge is -2.33. The number of carbonyl (C=O) groups is 2. The number of nitrogens with zero attached hydrogens (tertiary/aromatic N) is 2. The van der Waals surface area contributed by atoms with Gasteiger partial charge in [0, 0.05) is 35.5 Å². The number of nitrogens with two attached hydrogens (primary N) is 1. The number of carbonyl (C=O) groups excluding carboxylic acids is 2. The van der Waals surface area contributed by atoms with E-state index in [1.807, 2.05) is 18.2 Å². The summed E-state index contributed by atoms with van der Waals surface area (Å²) < 4.78 is 11.2. The van der Waals surface area contributed by atoms with E-state index in [9.17, 15) is 9.59 Å². The van der Waals surface area contributed by atoms with Crippen molar-refractivity contribution in [3.05, 3.63) is 109 Å². The van der Waals surface area contributed by atoms with Crippen LogP contribution in [0.1, 0.15) is 33.6 Å². The summed E-state index contributed by atoms with van der Waals surface area (Å²) in [6.07, 6.45) is 10.8.